The lowest BCUT2D eigenvalue weighted by Gasteiger charge is -2.30. The van der Waals surface area contributed by atoms with Crippen LogP contribution in [0.2, 0.25) is 0 Å². The van der Waals surface area contributed by atoms with Gasteiger partial charge in [0.15, 0.2) is 0 Å². The van der Waals surface area contributed by atoms with Crippen molar-refractivity contribution < 1.29 is 4.79 Å². The van der Waals surface area contributed by atoms with E-state index in [4.69, 9.17) is 6.58 Å². The van der Waals surface area contributed by atoms with E-state index in [9.17, 15) is 4.79 Å². The van der Waals surface area contributed by atoms with Gasteiger partial charge in [0.25, 0.3) is 0 Å². The van der Waals surface area contributed by atoms with E-state index in [0.29, 0.717) is 23.5 Å². The Hall–Kier alpha value is -0.890. The molecule has 1 saturated carbocycles. The predicted molar refractivity (Wildman–Crippen MR) is 237 cm³/mol. The Morgan fingerprint density at radius 2 is 1.02 bits per heavy atom. The van der Waals surface area contributed by atoms with E-state index in [-0.39, 0.29) is 0 Å². The van der Waals surface area contributed by atoms with Crippen molar-refractivity contribution in [3.05, 3.63) is 24.3 Å². The minimum absolute atomic E-state index is 0.314. The number of nitrogens with zero attached hydrogens (tertiary/aromatic N) is 1. The Morgan fingerprint density at radius 1 is 0.585 bits per heavy atom. The molecule has 4 atom stereocenters. The summed E-state index contributed by atoms with van der Waals surface area (Å²) in [6, 6.07) is 0. The minimum Gasteiger partial charge on any atom is -0.306 e. The summed E-state index contributed by atoms with van der Waals surface area (Å²) in [5.74, 6) is 3.75. The predicted octanol–water partition coefficient (Wildman–Crippen LogP) is 16.4. The monoisotopic (exact) mass is 738 g/mol. The highest BCUT2D eigenvalue weighted by atomic mass is 16.1. The number of hydrogen-bond acceptors (Lipinski definition) is 2. The third kappa shape index (κ3) is 24.4. The number of hydrogen-bond donors (Lipinski definition) is 0. The van der Waals surface area contributed by atoms with Gasteiger partial charge in [-0.3, -0.25) is 4.79 Å². The van der Waals surface area contributed by atoms with E-state index in [0.717, 1.165) is 57.0 Å². The zero-order valence-electron chi connectivity index (χ0n) is 36.8. The van der Waals surface area contributed by atoms with Crippen LogP contribution in [0.1, 0.15) is 245 Å². The lowest BCUT2D eigenvalue weighted by molar-refractivity contribution is -0.125. The average Bonchev–Trinajstić information content (AvgIpc) is 3.52. The number of allylic oxidation sites excluding steroid dienone is 3. The maximum absolute atomic E-state index is 13.4. The SMILES string of the molecule is C=C(CCC(CCCCCCCCCCCCC)CCCCCCCCCCCCCC)CC1CCC(CC(=O)C2CCN(C)CC2)C1C/C=C\CC. The van der Waals surface area contributed by atoms with Crippen LogP contribution in [0.3, 0.4) is 0 Å². The summed E-state index contributed by atoms with van der Waals surface area (Å²) in [5, 5.41) is 0. The summed E-state index contributed by atoms with van der Waals surface area (Å²) in [7, 11) is 2.20. The first-order valence-corrected chi connectivity index (χ1v) is 24.5. The van der Waals surface area contributed by atoms with Gasteiger partial charge in [0, 0.05) is 12.3 Å². The van der Waals surface area contributed by atoms with Gasteiger partial charge in [-0.2, -0.15) is 0 Å². The van der Waals surface area contributed by atoms with Gasteiger partial charge in [0.05, 0.1) is 0 Å². The quantitative estimate of drug-likeness (QED) is 0.0471. The molecule has 4 unspecified atom stereocenters. The van der Waals surface area contributed by atoms with Gasteiger partial charge in [-0.1, -0.05) is 206 Å². The molecule has 0 aromatic rings. The van der Waals surface area contributed by atoms with Crippen molar-refractivity contribution in [3.63, 3.8) is 0 Å². The van der Waals surface area contributed by atoms with Crippen LogP contribution in [-0.2, 0) is 4.79 Å². The third-order valence-corrected chi connectivity index (χ3v) is 13.7. The number of rotatable bonds is 36. The van der Waals surface area contributed by atoms with Crippen LogP contribution in [0.4, 0.5) is 0 Å². The van der Waals surface area contributed by atoms with Gasteiger partial charge < -0.3 is 4.90 Å². The summed E-state index contributed by atoms with van der Waals surface area (Å²) in [5.41, 5.74) is 1.51. The highest BCUT2D eigenvalue weighted by molar-refractivity contribution is 5.81. The molecule has 1 aliphatic heterocycles. The van der Waals surface area contributed by atoms with Crippen LogP contribution >= 0.6 is 0 Å². The van der Waals surface area contributed by atoms with Crippen molar-refractivity contribution in [1.29, 1.82) is 0 Å². The fraction of sp³-hybridized carbons (Fsp3) is 0.902. The van der Waals surface area contributed by atoms with Crippen molar-refractivity contribution >= 4 is 5.78 Å². The van der Waals surface area contributed by atoms with Crippen molar-refractivity contribution in [2.75, 3.05) is 20.1 Å². The smallest absolute Gasteiger partial charge is 0.136 e. The molecule has 0 radical (unpaired) electrons. The Bertz CT molecular complexity index is 883. The number of carbonyl (C=O) groups excluding carboxylic acids is 1. The van der Waals surface area contributed by atoms with E-state index in [1.807, 2.05) is 0 Å². The highest BCUT2D eigenvalue weighted by Gasteiger charge is 2.37. The maximum Gasteiger partial charge on any atom is 0.136 e. The first kappa shape index (κ1) is 48.3. The Labute approximate surface area is 334 Å². The van der Waals surface area contributed by atoms with Crippen LogP contribution in [-0.4, -0.2) is 30.8 Å². The Morgan fingerprint density at radius 3 is 1.47 bits per heavy atom. The Balaban J connectivity index is 1.77. The molecule has 0 N–H and O–H groups in total. The van der Waals surface area contributed by atoms with Gasteiger partial charge in [-0.05, 0) is 102 Å². The lowest BCUT2D eigenvalue weighted by Crippen LogP contribution is -2.34. The molecule has 2 nitrogen and oxygen atoms in total. The molecule has 0 spiro atoms. The standard InChI is InChI=1S/C51H95NO/c1-6-9-12-14-16-18-20-22-24-26-28-31-33-46(32-30-27-25-23-21-19-17-15-13-10-7-2)36-35-45(4)43-48-37-38-49(50(48)34-29-11-8-3)44-51(53)47-39-41-52(5)42-40-47/h11,29,46-50H,4,6-10,12-28,30-44H2,1-3,5H3/b29-11-. The summed E-state index contributed by atoms with van der Waals surface area (Å²) < 4.78 is 0. The minimum atomic E-state index is 0.314. The lowest BCUT2D eigenvalue weighted by atomic mass is 9.78. The summed E-state index contributed by atoms with van der Waals surface area (Å²) in [4.78, 5) is 15.8. The highest BCUT2D eigenvalue weighted by Crippen LogP contribution is 2.45. The van der Waals surface area contributed by atoms with Crippen molar-refractivity contribution in [2.24, 2.45) is 29.6 Å². The fourth-order valence-electron chi connectivity index (χ4n) is 9.99. The van der Waals surface area contributed by atoms with Crippen molar-refractivity contribution in [3.8, 4) is 0 Å². The molecular formula is C51H95NO. The molecule has 53 heavy (non-hydrogen) atoms. The van der Waals surface area contributed by atoms with E-state index in [1.165, 1.54) is 198 Å². The number of likely N-dealkylation sites (tertiary alicyclic amines) is 1. The number of ketones is 1. The molecular weight excluding hydrogens is 643 g/mol. The molecule has 0 aromatic carbocycles. The second-order valence-corrected chi connectivity index (χ2v) is 18.5. The first-order chi connectivity index (χ1) is 26.0. The molecule has 2 heteroatoms. The van der Waals surface area contributed by atoms with Crippen LogP contribution in [0.25, 0.3) is 0 Å². The van der Waals surface area contributed by atoms with E-state index >= 15 is 0 Å². The summed E-state index contributed by atoms with van der Waals surface area (Å²) >= 11 is 0. The van der Waals surface area contributed by atoms with E-state index in [2.05, 4.69) is 44.9 Å². The van der Waals surface area contributed by atoms with Crippen LogP contribution < -0.4 is 0 Å². The van der Waals surface area contributed by atoms with Crippen molar-refractivity contribution in [1.82, 2.24) is 4.90 Å². The molecule has 310 valence electrons. The molecule has 1 saturated heterocycles. The normalized spacial score (nSPS) is 20.5. The average molecular weight is 738 g/mol. The number of carbonyl (C=O) groups is 1. The van der Waals surface area contributed by atoms with Gasteiger partial charge in [0.1, 0.15) is 5.78 Å². The zero-order chi connectivity index (χ0) is 38.2. The third-order valence-electron chi connectivity index (χ3n) is 13.7. The molecule has 1 aliphatic carbocycles. The van der Waals surface area contributed by atoms with Crippen LogP contribution in [0.5, 0.6) is 0 Å². The van der Waals surface area contributed by atoms with Gasteiger partial charge >= 0.3 is 0 Å². The number of Topliss-reactive ketones (excluding diaryl/α,β-unsaturated/α-hetero) is 1. The van der Waals surface area contributed by atoms with Crippen molar-refractivity contribution in [2.45, 2.75) is 245 Å². The summed E-state index contributed by atoms with van der Waals surface area (Å²) in [6.45, 7) is 13.8. The van der Waals surface area contributed by atoms with Gasteiger partial charge in [0.2, 0.25) is 0 Å². The number of piperidine rings is 1. The van der Waals surface area contributed by atoms with Gasteiger partial charge in [-0.25, -0.2) is 0 Å². The molecule has 2 rings (SSSR count). The topological polar surface area (TPSA) is 20.3 Å². The zero-order valence-corrected chi connectivity index (χ0v) is 36.8. The van der Waals surface area contributed by atoms with Gasteiger partial charge in [-0.15, -0.1) is 0 Å². The van der Waals surface area contributed by atoms with E-state index < -0.39 is 0 Å². The molecule has 0 amide bonds. The Kier molecular flexibility index (Phi) is 30.3. The fourth-order valence-corrected chi connectivity index (χ4v) is 9.99. The molecule has 2 aliphatic rings. The van der Waals surface area contributed by atoms with E-state index in [1.54, 1.807) is 0 Å². The molecule has 2 fully saturated rings. The largest absolute Gasteiger partial charge is 0.306 e. The van der Waals surface area contributed by atoms with Crippen LogP contribution in [0.15, 0.2) is 24.3 Å². The second kappa shape index (κ2) is 33.3. The number of unbranched alkanes of at least 4 members (excludes halogenated alkanes) is 21. The molecule has 0 aromatic heterocycles. The first-order valence-electron chi connectivity index (χ1n) is 24.5. The second-order valence-electron chi connectivity index (χ2n) is 18.5. The van der Waals surface area contributed by atoms with Crippen LogP contribution in [0, 0.1) is 29.6 Å². The molecule has 0 bridgehead atoms. The molecule has 1 heterocycles. The maximum atomic E-state index is 13.4. The summed E-state index contributed by atoms with van der Waals surface area (Å²) in [6.07, 6.45) is 52.4.